The maximum atomic E-state index is 11.3. The van der Waals surface area contributed by atoms with E-state index in [9.17, 15) is 4.79 Å². The Hall–Kier alpha value is -2.02. The standard InChI is InChI=1S/C10H9N3O/c11-6-13-9-3-2-8(12)5-7(9)1-4-10(13)14/h2-3,5H,1,4,12H2. The van der Waals surface area contributed by atoms with Gasteiger partial charge in [-0.15, -0.1) is 0 Å². The van der Waals surface area contributed by atoms with Gasteiger partial charge in [-0.3, -0.25) is 4.79 Å². The van der Waals surface area contributed by atoms with Crippen LogP contribution in [0.25, 0.3) is 0 Å². The van der Waals surface area contributed by atoms with Crippen molar-refractivity contribution in [2.24, 2.45) is 0 Å². The molecule has 0 radical (unpaired) electrons. The number of nitrogens with zero attached hydrogens (tertiary/aromatic N) is 2. The molecule has 0 aliphatic carbocycles. The molecule has 70 valence electrons. The van der Waals surface area contributed by atoms with Gasteiger partial charge >= 0.3 is 0 Å². The van der Waals surface area contributed by atoms with Crippen molar-refractivity contribution >= 4 is 17.3 Å². The normalized spacial score (nSPS) is 14.8. The molecule has 1 aromatic carbocycles. The molecule has 4 nitrogen and oxygen atoms in total. The van der Waals surface area contributed by atoms with Gasteiger partial charge in [0.05, 0.1) is 5.69 Å². The highest BCUT2D eigenvalue weighted by molar-refractivity contribution is 5.99. The molecular formula is C10H9N3O. The van der Waals surface area contributed by atoms with E-state index in [1.807, 2.05) is 12.3 Å². The Morgan fingerprint density at radius 3 is 2.93 bits per heavy atom. The highest BCUT2D eigenvalue weighted by Crippen LogP contribution is 2.28. The van der Waals surface area contributed by atoms with Crippen LogP contribution < -0.4 is 10.6 Å². The number of fused-ring (bicyclic) bond motifs is 1. The molecule has 14 heavy (non-hydrogen) atoms. The maximum absolute atomic E-state index is 11.3. The molecule has 0 atom stereocenters. The molecule has 1 aliphatic heterocycles. The van der Waals surface area contributed by atoms with Crippen molar-refractivity contribution < 1.29 is 4.79 Å². The van der Waals surface area contributed by atoms with Crippen molar-refractivity contribution in [3.05, 3.63) is 23.8 Å². The van der Waals surface area contributed by atoms with Crippen LogP contribution in [0.5, 0.6) is 0 Å². The summed E-state index contributed by atoms with van der Waals surface area (Å²) in [5, 5.41) is 8.80. The molecule has 0 aromatic heterocycles. The second-order valence-electron chi connectivity index (χ2n) is 3.22. The third-order valence-electron chi connectivity index (χ3n) is 2.30. The van der Waals surface area contributed by atoms with E-state index < -0.39 is 0 Å². The lowest BCUT2D eigenvalue weighted by molar-refractivity contribution is -0.118. The SMILES string of the molecule is N#CN1C(=O)CCc2cc(N)ccc21. The summed E-state index contributed by atoms with van der Waals surface area (Å²) in [5.74, 6) is -0.148. The Morgan fingerprint density at radius 1 is 1.43 bits per heavy atom. The highest BCUT2D eigenvalue weighted by atomic mass is 16.2. The Labute approximate surface area is 81.5 Å². The predicted octanol–water partition coefficient (Wildman–Crippen LogP) is 1.03. The van der Waals surface area contributed by atoms with Crippen molar-refractivity contribution in [1.29, 1.82) is 5.26 Å². The van der Waals surface area contributed by atoms with Crippen LogP contribution in [0.2, 0.25) is 0 Å². The first-order valence-electron chi connectivity index (χ1n) is 4.33. The van der Waals surface area contributed by atoms with Crippen LogP contribution in [0.3, 0.4) is 0 Å². The average molecular weight is 187 g/mol. The monoisotopic (exact) mass is 187 g/mol. The molecule has 1 aromatic rings. The number of hydrogen-bond donors (Lipinski definition) is 1. The summed E-state index contributed by atoms with van der Waals surface area (Å²) < 4.78 is 0. The molecule has 0 unspecified atom stereocenters. The summed E-state index contributed by atoms with van der Waals surface area (Å²) in [6.07, 6.45) is 2.92. The molecule has 0 bridgehead atoms. The zero-order valence-electron chi connectivity index (χ0n) is 7.53. The molecule has 0 fully saturated rings. The molecule has 0 saturated carbocycles. The van der Waals surface area contributed by atoms with E-state index in [4.69, 9.17) is 11.0 Å². The number of hydrogen-bond acceptors (Lipinski definition) is 3. The minimum absolute atomic E-state index is 0.148. The van der Waals surface area contributed by atoms with Gasteiger partial charge in [-0.1, -0.05) is 0 Å². The Kier molecular flexibility index (Phi) is 1.86. The van der Waals surface area contributed by atoms with Crippen LogP contribution in [0, 0.1) is 11.5 Å². The maximum Gasteiger partial charge on any atom is 0.240 e. The van der Waals surface area contributed by atoms with Gasteiger partial charge in [0.2, 0.25) is 5.91 Å². The highest BCUT2D eigenvalue weighted by Gasteiger charge is 2.23. The summed E-state index contributed by atoms with van der Waals surface area (Å²) >= 11 is 0. The molecule has 1 aliphatic rings. The number of rotatable bonds is 0. The number of nitriles is 1. The Balaban J connectivity index is 2.53. The van der Waals surface area contributed by atoms with Crippen LogP contribution in [-0.2, 0) is 11.2 Å². The van der Waals surface area contributed by atoms with Crippen LogP contribution in [0.1, 0.15) is 12.0 Å². The second-order valence-corrected chi connectivity index (χ2v) is 3.22. The summed E-state index contributed by atoms with van der Waals surface area (Å²) in [7, 11) is 0. The van der Waals surface area contributed by atoms with E-state index in [0.29, 0.717) is 24.2 Å². The van der Waals surface area contributed by atoms with Crippen LogP contribution >= 0.6 is 0 Å². The number of anilines is 2. The molecule has 2 N–H and O–H groups in total. The van der Waals surface area contributed by atoms with Crippen molar-refractivity contribution in [2.75, 3.05) is 10.6 Å². The predicted molar refractivity (Wildman–Crippen MR) is 52.3 cm³/mol. The van der Waals surface area contributed by atoms with Gasteiger partial charge in [0.15, 0.2) is 6.19 Å². The number of nitrogen functional groups attached to an aromatic ring is 1. The number of aryl methyl sites for hydroxylation is 1. The van der Waals surface area contributed by atoms with Crippen LogP contribution in [0.4, 0.5) is 11.4 Å². The zero-order valence-corrected chi connectivity index (χ0v) is 7.53. The largest absolute Gasteiger partial charge is 0.399 e. The first kappa shape index (κ1) is 8.57. The van der Waals surface area contributed by atoms with Gasteiger partial charge in [-0.25, -0.2) is 4.90 Å². The molecule has 0 saturated heterocycles. The van der Waals surface area contributed by atoms with Gasteiger partial charge < -0.3 is 5.73 Å². The van der Waals surface area contributed by atoms with Crippen molar-refractivity contribution in [3.8, 4) is 6.19 Å². The third kappa shape index (κ3) is 1.19. The molecule has 4 heteroatoms. The lowest BCUT2D eigenvalue weighted by Crippen LogP contribution is -2.30. The molecule has 2 rings (SSSR count). The number of benzene rings is 1. The molecule has 0 spiro atoms. The van der Waals surface area contributed by atoms with E-state index in [1.165, 1.54) is 0 Å². The van der Waals surface area contributed by atoms with Gasteiger partial charge in [0.1, 0.15) is 0 Å². The first-order chi connectivity index (χ1) is 6.72. The topological polar surface area (TPSA) is 70.1 Å². The quantitative estimate of drug-likeness (QED) is 0.487. The zero-order chi connectivity index (χ0) is 10.1. The van der Waals surface area contributed by atoms with Crippen molar-refractivity contribution in [1.82, 2.24) is 0 Å². The summed E-state index contributed by atoms with van der Waals surface area (Å²) in [5.41, 5.74) is 7.91. The summed E-state index contributed by atoms with van der Waals surface area (Å²) in [4.78, 5) is 12.5. The van der Waals surface area contributed by atoms with Gasteiger partial charge in [-0.05, 0) is 30.2 Å². The van der Waals surface area contributed by atoms with Gasteiger partial charge in [0.25, 0.3) is 0 Å². The fourth-order valence-electron chi connectivity index (χ4n) is 1.62. The Bertz CT molecular complexity index is 433. The smallest absolute Gasteiger partial charge is 0.240 e. The summed E-state index contributed by atoms with van der Waals surface area (Å²) in [6.45, 7) is 0. The average Bonchev–Trinajstić information content (AvgIpc) is 2.18. The van der Waals surface area contributed by atoms with Gasteiger partial charge in [0, 0.05) is 12.1 Å². The molecule has 1 amide bonds. The van der Waals surface area contributed by atoms with Crippen molar-refractivity contribution in [2.45, 2.75) is 12.8 Å². The lowest BCUT2D eigenvalue weighted by Gasteiger charge is -2.22. The van der Waals surface area contributed by atoms with E-state index >= 15 is 0 Å². The Morgan fingerprint density at radius 2 is 2.21 bits per heavy atom. The lowest BCUT2D eigenvalue weighted by atomic mass is 10.0. The third-order valence-corrected chi connectivity index (χ3v) is 2.30. The van der Waals surface area contributed by atoms with E-state index in [2.05, 4.69) is 0 Å². The fourth-order valence-corrected chi connectivity index (χ4v) is 1.62. The minimum Gasteiger partial charge on any atom is -0.399 e. The molecular weight excluding hydrogens is 178 g/mol. The van der Waals surface area contributed by atoms with Crippen LogP contribution in [0.15, 0.2) is 18.2 Å². The number of amides is 1. The fraction of sp³-hybridized carbons (Fsp3) is 0.200. The van der Waals surface area contributed by atoms with Gasteiger partial charge in [-0.2, -0.15) is 5.26 Å². The number of carbonyl (C=O) groups excluding carboxylic acids is 1. The van der Waals surface area contributed by atoms with E-state index in [0.717, 1.165) is 10.5 Å². The minimum atomic E-state index is -0.148. The number of carbonyl (C=O) groups is 1. The summed E-state index contributed by atoms with van der Waals surface area (Å²) in [6, 6.07) is 5.22. The number of nitrogens with two attached hydrogens (primary N) is 1. The second kappa shape index (κ2) is 3.04. The van der Waals surface area contributed by atoms with E-state index in [-0.39, 0.29) is 5.91 Å². The van der Waals surface area contributed by atoms with Crippen molar-refractivity contribution in [3.63, 3.8) is 0 Å². The van der Waals surface area contributed by atoms with Crippen LogP contribution in [-0.4, -0.2) is 5.91 Å². The molecule has 1 heterocycles. The first-order valence-corrected chi connectivity index (χ1v) is 4.33. The van der Waals surface area contributed by atoms with E-state index in [1.54, 1.807) is 12.1 Å².